The van der Waals surface area contributed by atoms with Gasteiger partial charge < -0.3 is 9.64 Å². The van der Waals surface area contributed by atoms with Crippen LogP contribution in [-0.4, -0.2) is 56.3 Å². The fraction of sp³-hybridized carbons (Fsp3) is 0.519. The molecule has 2 aromatic rings. The van der Waals surface area contributed by atoms with E-state index in [9.17, 15) is 13.2 Å². The number of hydrogen-bond donors (Lipinski definition) is 0. The Hall–Kier alpha value is -1.80. The molecule has 1 atom stereocenters. The average molecular weight is 554 g/mol. The molecule has 0 unspecified atom stereocenters. The van der Waals surface area contributed by atoms with Crippen LogP contribution in [0.25, 0.3) is 0 Å². The van der Waals surface area contributed by atoms with Crippen molar-refractivity contribution in [1.29, 1.82) is 0 Å². The van der Waals surface area contributed by atoms with Crippen molar-refractivity contribution in [3.05, 3.63) is 63.6 Å². The average Bonchev–Trinajstić information content (AvgIpc) is 2.87. The molecule has 2 fully saturated rings. The Labute approximate surface area is 224 Å². The van der Waals surface area contributed by atoms with Crippen LogP contribution in [-0.2, 0) is 20.6 Å². The van der Waals surface area contributed by atoms with Gasteiger partial charge in [0.2, 0.25) is 15.9 Å². The highest BCUT2D eigenvalue weighted by atomic mass is 35.5. The van der Waals surface area contributed by atoms with Crippen molar-refractivity contribution in [2.24, 2.45) is 5.41 Å². The van der Waals surface area contributed by atoms with Gasteiger partial charge in [0.25, 0.3) is 0 Å². The molecule has 2 aliphatic rings. The molecular formula is C27H34Cl2N2O4S. The second kappa shape index (κ2) is 11.7. The number of benzene rings is 2. The van der Waals surface area contributed by atoms with E-state index in [-0.39, 0.29) is 31.2 Å². The molecule has 2 aromatic carbocycles. The maximum absolute atomic E-state index is 13.4. The van der Waals surface area contributed by atoms with Gasteiger partial charge in [-0.25, -0.2) is 12.7 Å². The van der Waals surface area contributed by atoms with Crippen LogP contribution in [0.1, 0.15) is 49.7 Å². The molecule has 2 aliphatic heterocycles. The fourth-order valence-electron chi connectivity index (χ4n) is 5.12. The first-order valence-electron chi connectivity index (χ1n) is 12.5. The summed E-state index contributed by atoms with van der Waals surface area (Å²) in [7, 11) is -3.58. The Morgan fingerprint density at radius 3 is 2.42 bits per heavy atom. The molecule has 9 heteroatoms. The third kappa shape index (κ3) is 6.94. The van der Waals surface area contributed by atoms with Gasteiger partial charge in [0.1, 0.15) is 5.75 Å². The number of hydrogen-bond acceptors (Lipinski definition) is 4. The summed E-state index contributed by atoms with van der Waals surface area (Å²) < 4.78 is 34.6. The minimum Gasteiger partial charge on any atom is -0.493 e. The Bertz CT molecular complexity index is 1170. The molecule has 196 valence electrons. The second-order valence-electron chi connectivity index (χ2n) is 10.1. The molecule has 6 nitrogen and oxygen atoms in total. The van der Waals surface area contributed by atoms with Crippen LogP contribution in [0.4, 0.5) is 0 Å². The van der Waals surface area contributed by atoms with Gasteiger partial charge in [0.05, 0.1) is 12.4 Å². The van der Waals surface area contributed by atoms with E-state index in [0.29, 0.717) is 34.3 Å². The number of ether oxygens (including phenoxy) is 1. The molecule has 0 radical (unpaired) electrons. The minimum atomic E-state index is -3.58. The lowest BCUT2D eigenvalue weighted by Gasteiger charge is -2.42. The zero-order valence-electron chi connectivity index (χ0n) is 20.7. The number of sulfonamides is 1. The maximum atomic E-state index is 13.4. The first-order valence-corrected chi connectivity index (χ1v) is 14.9. The molecule has 4 rings (SSSR count). The van der Waals surface area contributed by atoms with Crippen molar-refractivity contribution in [1.82, 2.24) is 9.21 Å². The summed E-state index contributed by atoms with van der Waals surface area (Å²) in [6, 6.07) is 12.4. The summed E-state index contributed by atoms with van der Waals surface area (Å²) in [5.41, 5.74) is 0.990. The van der Waals surface area contributed by atoms with E-state index >= 15 is 0 Å². The van der Waals surface area contributed by atoms with E-state index in [0.717, 1.165) is 44.3 Å². The van der Waals surface area contributed by atoms with Crippen LogP contribution in [0.5, 0.6) is 5.75 Å². The number of carbonyl (C=O) groups excluding carboxylic acids is 1. The van der Waals surface area contributed by atoms with Gasteiger partial charge in [0, 0.05) is 48.1 Å². The zero-order valence-corrected chi connectivity index (χ0v) is 23.0. The Balaban J connectivity index is 1.54. The SMILES string of the molecule is Cc1cc(OC[C@@]2(CC(=O)N3CCCCC3)CCCN(S(=O)(=O)Cc3ccc(Cl)cc3)C2)ccc1Cl. The normalized spacial score (nSPS) is 21.4. The smallest absolute Gasteiger partial charge is 0.223 e. The Morgan fingerprint density at radius 1 is 1.00 bits per heavy atom. The molecule has 2 heterocycles. The molecule has 2 saturated heterocycles. The number of amides is 1. The highest BCUT2D eigenvalue weighted by molar-refractivity contribution is 7.88. The standard InChI is InChI=1S/C27H34Cl2N2O4S/c1-21-16-24(10-11-25(21)29)35-20-27(17-26(32)30-13-3-2-4-14-30)12-5-15-31(19-27)36(33,34)18-22-6-8-23(28)9-7-22/h6-11,16H,2-5,12-15,17-20H2,1H3/t27-/m1/s1. The van der Waals surface area contributed by atoms with Crippen molar-refractivity contribution in [2.45, 2.75) is 51.2 Å². The summed E-state index contributed by atoms with van der Waals surface area (Å²) in [6.07, 6.45) is 4.85. The molecule has 0 spiro atoms. The van der Waals surface area contributed by atoms with E-state index in [4.69, 9.17) is 27.9 Å². The lowest BCUT2D eigenvalue weighted by molar-refractivity contribution is -0.136. The van der Waals surface area contributed by atoms with E-state index in [1.165, 1.54) is 0 Å². The van der Waals surface area contributed by atoms with Crippen LogP contribution >= 0.6 is 23.2 Å². The van der Waals surface area contributed by atoms with E-state index in [2.05, 4.69) is 0 Å². The van der Waals surface area contributed by atoms with Crippen LogP contribution in [0.3, 0.4) is 0 Å². The van der Waals surface area contributed by atoms with Crippen molar-refractivity contribution < 1.29 is 17.9 Å². The lowest BCUT2D eigenvalue weighted by atomic mass is 9.78. The predicted molar refractivity (Wildman–Crippen MR) is 144 cm³/mol. The number of carbonyl (C=O) groups is 1. The summed E-state index contributed by atoms with van der Waals surface area (Å²) in [5.74, 6) is 0.655. The molecule has 0 aliphatic carbocycles. The summed E-state index contributed by atoms with van der Waals surface area (Å²) in [4.78, 5) is 15.3. The number of likely N-dealkylation sites (tertiary alicyclic amines) is 1. The van der Waals surface area contributed by atoms with Gasteiger partial charge in [-0.15, -0.1) is 0 Å². The molecule has 36 heavy (non-hydrogen) atoms. The largest absolute Gasteiger partial charge is 0.493 e. The van der Waals surface area contributed by atoms with E-state index < -0.39 is 15.4 Å². The first-order chi connectivity index (χ1) is 17.2. The molecule has 1 amide bonds. The van der Waals surface area contributed by atoms with Gasteiger partial charge in [0.15, 0.2) is 0 Å². The van der Waals surface area contributed by atoms with Gasteiger partial charge in [-0.2, -0.15) is 0 Å². The van der Waals surface area contributed by atoms with Crippen molar-refractivity contribution in [3.8, 4) is 5.75 Å². The molecule has 0 bridgehead atoms. The number of piperidine rings is 2. The molecule has 0 saturated carbocycles. The van der Waals surface area contributed by atoms with Crippen molar-refractivity contribution in [3.63, 3.8) is 0 Å². The third-order valence-electron chi connectivity index (χ3n) is 7.19. The zero-order chi connectivity index (χ0) is 25.8. The third-order valence-corrected chi connectivity index (χ3v) is 9.66. The number of nitrogens with zero attached hydrogens (tertiary/aromatic N) is 2. The predicted octanol–water partition coefficient (Wildman–Crippen LogP) is 5.70. The summed E-state index contributed by atoms with van der Waals surface area (Å²) in [5, 5.41) is 1.23. The van der Waals surface area contributed by atoms with Gasteiger partial charge >= 0.3 is 0 Å². The van der Waals surface area contributed by atoms with Crippen molar-refractivity contribution >= 4 is 39.1 Å². The van der Waals surface area contributed by atoms with Gasteiger partial charge in [-0.05, 0) is 80.5 Å². The van der Waals surface area contributed by atoms with Crippen LogP contribution in [0.2, 0.25) is 10.0 Å². The quantitative estimate of drug-likeness (QED) is 0.421. The van der Waals surface area contributed by atoms with E-state index in [1.807, 2.05) is 24.0 Å². The maximum Gasteiger partial charge on any atom is 0.223 e. The highest BCUT2D eigenvalue weighted by Gasteiger charge is 2.42. The Kier molecular flexibility index (Phi) is 8.87. The van der Waals surface area contributed by atoms with Crippen LogP contribution < -0.4 is 4.74 Å². The van der Waals surface area contributed by atoms with Crippen molar-refractivity contribution in [2.75, 3.05) is 32.8 Å². The summed E-state index contributed by atoms with van der Waals surface area (Å²) in [6.45, 7) is 4.41. The van der Waals surface area contributed by atoms with Gasteiger partial charge in [-0.1, -0.05) is 35.3 Å². The highest BCUT2D eigenvalue weighted by Crippen LogP contribution is 2.37. The lowest BCUT2D eigenvalue weighted by Crippen LogP contribution is -2.51. The number of rotatable bonds is 8. The minimum absolute atomic E-state index is 0.0857. The molecule has 0 N–H and O–H groups in total. The number of aryl methyl sites for hydroxylation is 1. The Morgan fingerprint density at radius 2 is 1.72 bits per heavy atom. The second-order valence-corrected chi connectivity index (χ2v) is 13.0. The number of halogens is 2. The first kappa shape index (κ1) is 27.2. The van der Waals surface area contributed by atoms with Crippen LogP contribution in [0, 0.1) is 12.3 Å². The van der Waals surface area contributed by atoms with E-state index in [1.54, 1.807) is 34.6 Å². The summed E-state index contributed by atoms with van der Waals surface area (Å²) >= 11 is 12.1. The topological polar surface area (TPSA) is 66.9 Å². The molecular weight excluding hydrogens is 519 g/mol. The molecule has 0 aromatic heterocycles. The fourth-order valence-corrected chi connectivity index (χ4v) is 7.03. The van der Waals surface area contributed by atoms with Gasteiger partial charge in [-0.3, -0.25) is 4.79 Å². The van der Waals surface area contributed by atoms with Crippen LogP contribution in [0.15, 0.2) is 42.5 Å². The monoisotopic (exact) mass is 552 g/mol.